The summed E-state index contributed by atoms with van der Waals surface area (Å²) < 4.78 is 7.48. The number of hydrogen-bond acceptors (Lipinski definition) is 4. The number of aryl methyl sites for hydroxylation is 1. The first-order valence-electron chi connectivity index (χ1n) is 7.24. The molecular formula is C14H20N6O. The predicted octanol–water partition coefficient (Wildman–Crippen LogP) is 0.725. The Balaban J connectivity index is 1.46. The molecule has 3 heterocycles. The number of hydrogen-bond donors (Lipinski definition) is 2. The van der Waals surface area contributed by atoms with Crippen LogP contribution in [0.3, 0.4) is 0 Å². The van der Waals surface area contributed by atoms with Crippen LogP contribution >= 0.6 is 0 Å². The molecule has 0 aromatic carbocycles. The van der Waals surface area contributed by atoms with Crippen molar-refractivity contribution in [1.82, 2.24) is 25.4 Å². The van der Waals surface area contributed by atoms with Crippen LogP contribution in [0.1, 0.15) is 23.8 Å². The molecule has 112 valence electrons. The highest BCUT2D eigenvalue weighted by atomic mass is 16.3. The fraction of sp³-hybridized carbons (Fsp3) is 0.500. The minimum atomic E-state index is 0.632. The van der Waals surface area contributed by atoms with Gasteiger partial charge in [0.2, 0.25) is 0 Å². The average molecular weight is 288 g/mol. The van der Waals surface area contributed by atoms with E-state index < -0.39 is 0 Å². The number of guanidine groups is 1. The highest BCUT2D eigenvalue weighted by molar-refractivity contribution is 5.79. The SMILES string of the molecule is CN=C(NCCc1ccco1)NCc1nnc2n1CCC2. The maximum Gasteiger partial charge on any atom is 0.191 e. The van der Waals surface area contributed by atoms with Gasteiger partial charge in [-0.1, -0.05) is 0 Å². The van der Waals surface area contributed by atoms with E-state index in [1.807, 2.05) is 12.1 Å². The van der Waals surface area contributed by atoms with Crippen LogP contribution in [-0.2, 0) is 25.9 Å². The Hall–Kier alpha value is -2.31. The van der Waals surface area contributed by atoms with Crippen LogP contribution in [0.15, 0.2) is 27.8 Å². The number of rotatable bonds is 5. The summed E-state index contributed by atoms with van der Waals surface area (Å²) in [5.74, 6) is 3.79. The molecule has 1 aliphatic rings. The predicted molar refractivity (Wildman–Crippen MR) is 79.0 cm³/mol. The number of aliphatic imine (C=N–C) groups is 1. The van der Waals surface area contributed by atoms with Crippen molar-refractivity contribution in [2.24, 2.45) is 4.99 Å². The summed E-state index contributed by atoms with van der Waals surface area (Å²) in [5, 5.41) is 14.9. The first-order valence-corrected chi connectivity index (χ1v) is 7.24. The van der Waals surface area contributed by atoms with Gasteiger partial charge in [0.1, 0.15) is 11.6 Å². The van der Waals surface area contributed by atoms with E-state index in [0.717, 1.165) is 55.7 Å². The monoisotopic (exact) mass is 288 g/mol. The number of furan rings is 1. The van der Waals surface area contributed by atoms with Crippen molar-refractivity contribution < 1.29 is 4.42 Å². The summed E-state index contributed by atoms with van der Waals surface area (Å²) in [4.78, 5) is 4.21. The lowest BCUT2D eigenvalue weighted by atomic mass is 10.3. The molecule has 0 bridgehead atoms. The molecule has 0 aliphatic carbocycles. The molecule has 0 fully saturated rings. The largest absolute Gasteiger partial charge is 0.469 e. The first kappa shape index (κ1) is 13.7. The van der Waals surface area contributed by atoms with Gasteiger partial charge in [-0.2, -0.15) is 0 Å². The number of fused-ring (bicyclic) bond motifs is 1. The van der Waals surface area contributed by atoms with Gasteiger partial charge in [0.15, 0.2) is 11.8 Å². The van der Waals surface area contributed by atoms with Gasteiger partial charge in [-0.25, -0.2) is 0 Å². The second-order valence-electron chi connectivity index (χ2n) is 4.97. The summed E-state index contributed by atoms with van der Waals surface area (Å²) in [7, 11) is 1.76. The van der Waals surface area contributed by atoms with Gasteiger partial charge in [0.05, 0.1) is 12.8 Å². The zero-order valence-electron chi connectivity index (χ0n) is 12.2. The zero-order valence-corrected chi connectivity index (χ0v) is 12.2. The van der Waals surface area contributed by atoms with E-state index in [1.54, 1.807) is 13.3 Å². The molecule has 7 nitrogen and oxygen atoms in total. The molecule has 0 amide bonds. The van der Waals surface area contributed by atoms with Crippen LogP contribution in [0.5, 0.6) is 0 Å². The summed E-state index contributed by atoms with van der Waals surface area (Å²) in [6.45, 7) is 2.42. The van der Waals surface area contributed by atoms with Gasteiger partial charge in [-0.3, -0.25) is 4.99 Å². The van der Waals surface area contributed by atoms with Crippen LogP contribution < -0.4 is 10.6 Å². The molecule has 0 spiro atoms. The molecule has 0 radical (unpaired) electrons. The summed E-state index contributed by atoms with van der Waals surface area (Å²) in [5.41, 5.74) is 0. The minimum absolute atomic E-state index is 0.632. The van der Waals surface area contributed by atoms with Crippen molar-refractivity contribution in [2.45, 2.75) is 32.4 Å². The van der Waals surface area contributed by atoms with Crippen molar-refractivity contribution in [2.75, 3.05) is 13.6 Å². The van der Waals surface area contributed by atoms with Crippen LogP contribution in [0.4, 0.5) is 0 Å². The third-order valence-corrected chi connectivity index (χ3v) is 3.57. The number of aromatic nitrogens is 3. The van der Waals surface area contributed by atoms with Crippen LogP contribution in [0, 0.1) is 0 Å². The second kappa shape index (κ2) is 6.43. The molecule has 2 aromatic rings. The second-order valence-corrected chi connectivity index (χ2v) is 4.97. The van der Waals surface area contributed by atoms with Crippen molar-refractivity contribution in [3.63, 3.8) is 0 Å². The third kappa shape index (κ3) is 3.24. The van der Waals surface area contributed by atoms with Gasteiger partial charge in [-0.05, 0) is 18.6 Å². The van der Waals surface area contributed by atoms with Crippen LogP contribution in [0.2, 0.25) is 0 Å². The quantitative estimate of drug-likeness (QED) is 0.626. The van der Waals surface area contributed by atoms with Gasteiger partial charge in [0.25, 0.3) is 0 Å². The van der Waals surface area contributed by atoms with Crippen LogP contribution in [-0.4, -0.2) is 34.3 Å². The molecule has 0 saturated heterocycles. The Morgan fingerprint density at radius 2 is 2.38 bits per heavy atom. The Morgan fingerprint density at radius 3 is 3.19 bits per heavy atom. The van der Waals surface area contributed by atoms with Crippen molar-refractivity contribution in [3.05, 3.63) is 35.8 Å². The van der Waals surface area contributed by atoms with Crippen molar-refractivity contribution in [1.29, 1.82) is 0 Å². The molecular weight excluding hydrogens is 268 g/mol. The number of nitrogens with zero attached hydrogens (tertiary/aromatic N) is 4. The highest BCUT2D eigenvalue weighted by Gasteiger charge is 2.16. The van der Waals surface area contributed by atoms with Crippen LogP contribution in [0.25, 0.3) is 0 Å². The van der Waals surface area contributed by atoms with Gasteiger partial charge < -0.3 is 19.6 Å². The molecule has 1 aliphatic heterocycles. The molecule has 2 N–H and O–H groups in total. The van der Waals surface area contributed by atoms with Gasteiger partial charge in [-0.15, -0.1) is 10.2 Å². The maximum atomic E-state index is 5.30. The molecule has 21 heavy (non-hydrogen) atoms. The Bertz CT molecular complexity index is 601. The van der Waals surface area contributed by atoms with E-state index in [-0.39, 0.29) is 0 Å². The number of nitrogens with one attached hydrogen (secondary N) is 2. The molecule has 3 rings (SSSR count). The smallest absolute Gasteiger partial charge is 0.191 e. The van der Waals surface area contributed by atoms with E-state index in [2.05, 4.69) is 30.4 Å². The Kier molecular flexibility index (Phi) is 4.18. The normalized spacial score (nSPS) is 14.2. The zero-order chi connectivity index (χ0) is 14.5. The Labute approximate surface area is 123 Å². The van der Waals surface area contributed by atoms with E-state index in [1.165, 1.54) is 0 Å². The summed E-state index contributed by atoms with van der Waals surface area (Å²) in [6.07, 6.45) is 4.71. The van der Waals surface area contributed by atoms with Gasteiger partial charge in [0, 0.05) is 33.0 Å². The van der Waals surface area contributed by atoms with Crippen molar-refractivity contribution >= 4 is 5.96 Å². The van der Waals surface area contributed by atoms with E-state index >= 15 is 0 Å². The molecule has 2 aromatic heterocycles. The first-order chi connectivity index (χ1) is 10.4. The standard InChI is InChI=1S/C14H20N6O/c1-15-14(16-7-6-11-4-3-9-21-11)17-10-13-19-18-12-5-2-8-20(12)13/h3-4,9H,2,5-8,10H2,1H3,(H2,15,16,17). The fourth-order valence-electron chi connectivity index (χ4n) is 2.48. The lowest BCUT2D eigenvalue weighted by Gasteiger charge is -2.11. The average Bonchev–Trinajstić information content (AvgIpc) is 3.20. The minimum Gasteiger partial charge on any atom is -0.469 e. The fourth-order valence-corrected chi connectivity index (χ4v) is 2.48. The maximum absolute atomic E-state index is 5.30. The van der Waals surface area contributed by atoms with E-state index in [9.17, 15) is 0 Å². The summed E-state index contributed by atoms with van der Waals surface area (Å²) >= 11 is 0. The lowest BCUT2D eigenvalue weighted by molar-refractivity contribution is 0.506. The van der Waals surface area contributed by atoms with Crippen molar-refractivity contribution in [3.8, 4) is 0 Å². The molecule has 7 heteroatoms. The van der Waals surface area contributed by atoms with E-state index in [4.69, 9.17) is 4.42 Å². The lowest BCUT2D eigenvalue weighted by Crippen LogP contribution is -2.38. The topological polar surface area (TPSA) is 80.3 Å². The molecule has 0 saturated carbocycles. The highest BCUT2D eigenvalue weighted by Crippen LogP contribution is 2.13. The Morgan fingerprint density at radius 1 is 1.43 bits per heavy atom. The van der Waals surface area contributed by atoms with Gasteiger partial charge >= 0.3 is 0 Å². The molecule has 0 unspecified atom stereocenters. The summed E-state index contributed by atoms with van der Waals surface area (Å²) in [6, 6.07) is 3.87. The molecule has 0 atom stereocenters. The third-order valence-electron chi connectivity index (χ3n) is 3.57. The van der Waals surface area contributed by atoms with E-state index in [0.29, 0.717) is 6.54 Å².